The van der Waals surface area contributed by atoms with Gasteiger partial charge in [-0.3, -0.25) is 9.59 Å². The van der Waals surface area contributed by atoms with Crippen molar-refractivity contribution in [3.63, 3.8) is 0 Å². The van der Waals surface area contributed by atoms with Gasteiger partial charge in [0.15, 0.2) is 0 Å². The highest BCUT2D eigenvalue weighted by Crippen LogP contribution is 2.36. The van der Waals surface area contributed by atoms with Crippen LogP contribution >= 0.6 is 11.6 Å². The fraction of sp³-hybridized carbons (Fsp3) is 0.500. The van der Waals surface area contributed by atoms with E-state index in [1.165, 1.54) is 6.07 Å². The number of hydrogen-bond acceptors (Lipinski definition) is 2. The maximum Gasteiger partial charge on any atom is 0.417 e. The number of hydrogen-bond donors (Lipinski definition) is 1. The number of likely N-dealkylation sites (tertiary alicyclic amines) is 1. The van der Waals surface area contributed by atoms with Gasteiger partial charge in [-0.1, -0.05) is 18.5 Å². The van der Waals surface area contributed by atoms with Crippen LogP contribution in [0.15, 0.2) is 18.2 Å². The molecule has 1 aliphatic rings. The summed E-state index contributed by atoms with van der Waals surface area (Å²) < 4.78 is 38.5. The summed E-state index contributed by atoms with van der Waals surface area (Å²) in [6, 6.07) is 3.28. The standard InChI is InChI=1S/C16H18ClF3N2O2/c1-2-14(23)22-7-5-10(6-8-22)15(24)21-11-3-4-13(17)12(9-11)16(18,19)20/h3-4,9-10H,2,5-8H2,1H3,(H,21,24). The fourth-order valence-electron chi connectivity index (χ4n) is 2.68. The van der Waals surface area contributed by atoms with Crippen LogP contribution in [-0.4, -0.2) is 29.8 Å². The highest BCUT2D eigenvalue weighted by molar-refractivity contribution is 6.31. The van der Waals surface area contributed by atoms with Gasteiger partial charge >= 0.3 is 6.18 Å². The molecule has 1 aromatic carbocycles. The van der Waals surface area contributed by atoms with E-state index >= 15 is 0 Å². The lowest BCUT2D eigenvalue weighted by Gasteiger charge is -2.31. The summed E-state index contributed by atoms with van der Waals surface area (Å²) in [4.78, 5) is 25.5. The molecule has 0 saturated carbocycles. The predicted molar refractivity (Wildman–Crippen MR) is 84.7 cm³/mol. The van der Waals surface area contributed by atoms with Crippen molar-refractivity contribution in [1.29, 1.82) is 0 Å². The van der Waals surface area contributed by atoms with E-state index in [1.54, 1.807) is 11.8 Å². The monoisotopic (exact) mass is 362 g/mol. The molecule has 1 N–H and O–H groups in total. The zero-order chi connectivity index (χ0) is 17.9. The number of anilines is 1. The second-order valence-corrected chi connectivity index (χ2v) is 6.10. The largest absolute Gasteiger partial charge is 0.417 e. The van der Waals surface area contributed by atoms with E-state index in [9.17, 15) is 22.8 Å². The summed E-state index contributed by atoms with van der Waals surface area (Å²) in [5.74, 6) is -0.619. The molecule has 0 bridgehead atoms. The Morgan fingerprint density at radius 2 is 1.92 bits per heavy atom. The summed E-state index contributed by atoms with van der Waals surface area (Å²) in [6.07, 6.45) is -3.17. The Hall–Kier alpha value is -1.76. The zero-order valence-electron chi connectivity index (χ0n) is 13.1. The molecule has 4 nitrogen and oxygen atoms in total. The van der Waals surface area contributed by atoms with E-state index in [0.29, 0.717) is 32.4 Å². The number of carbonyl (C=O) groups excluding carboxylic acids is 2. The Morgan fingerprint density at radius 1 is 1.29 bits per heavy atom. The first kappa shape index (κ1) is 18.6. The highest BCUT2D eigenvalue weighted by Gasteiger charge is 2.34. The molecule has 0 spiro atoms. The Balaban J connectivity index is 2.00. The molecule has 1 heterocycles. The molecule has 1 saturated heterocycles. The lowest BCUT2D eigenvalue weighted by atomic mass is 9.95. The molecule has 132 valence electrons. The van der Waals surface area contributed by atoms with Crippen LogP contribution in [0.4, 0.5) is 18.9 Å². The normalized spacial score (nSPS) is 16.1. The second kappa shape index (κ2) is 7.42. The zero-order valence-corrected chi connectivity index (χ0v) is 13.9. The first-order valence-corrected chi connectivity index (χ1v) is 8.05. The fourth-order valence-corrected chi connectivity index (χ4v) is 2.90. The third-order valence-corrected chi connectivity index (χ3v) is 4.39. The molecule has 0 aliphatic carbocycles. The van der Waals surface area contributed by atoms with Gasteiger partial charge in [0, 0.05) is 31.1 Å². The van der Waals surface area contributed by atoms with E-state index in [1.807, 2.05) is 0 Å². The molecule has 8 heteroatoms. The Bertz CT molecular complexity index is 626. The molecular weight excluding hydrogens is 345 g/mol. The van der Waals surface area contributed by atoms with Gasteiger partial charge in [-0.2, -0.15) is 13.2 Å². The van der Waals surface area contributed by atoms with E-state index < -0.39 is 16.8 Å². The summed E-state index contributed by atoms with van der Waals surface area (Å²) >= 11 is 5.56. The van der Waals surface area contributed by atoms with Crippen molar-refractivity contribution in [2.24, 2.45) is 5.92 Å². The van der Waals surface area contributed by atoms with Crippen LogP contribution in [0.3, 0.4) is 0 Å². The first-order chi connectivity index (χ1) is 11.2. The van der Waals surface area contributed by atoms with Crippen molar-refractivity contribution in [2.75, 3.05) is 18.4 Å². The van der Waals surface area contributed by atoms with Gasteiger partial charge in [-0.15, -0.1) is 0 Å². The smallest absolute Gasteiger partial charge is 0.343 e. The van der Waals surface area contributed by atoms with Crippen molar-refractivity contribution in [3.8, 4) is 0 Å². The minimum absolute atomic E-state index is 0.0429. The minimum Gasteiger partial charge on any atom is -0.343 e. The van der Waals surface area contributed by atoms with Gasteiger partial charge < -0.3 is 10.2 Å². The summed E-state index contributed by atoms with van der Waals surface area (Å²) in [5, 5.41) is 2.10. The average molecular weight is 363 g/mol. The Labute approximate surface area is 143 Å². The molecule has 2 amide bonds. The molecule has 0 unspecified atom stereocenters. The topological polar surface area (TPSA) is 49.4 Å². The number of halogens is 4. The van der Waals surface area contributed by atoms with E-state index in [2.05, 4.69) is 5.32 Å². The molecule has 1 fully saturated rings. The van der Waals surface area contributed by atoms with Gasteiger partial charge in [-0.25, -0.2) is 0 Å². The minimum atomic E-state index is -4.58. The van der Waals surface area contributed by atoms with Crippen LogP contribution in [0, 0.1) is 5.92 Å². The van der Waals surface area contributed by atoms with Crippen molar-refractivity contribution in [3.05, 3.63) is 28.8 Å². The van der Waals surface area contributed by atoms with Gasteiger partial charge in [0.25, 0.3) is 0 Å². The Kier molecular flexibility index (Phi) is 5.74. The molecule has 0 radical (unpaired) electrons. The van der Waals surface area contributed by atoms with Gasteiger partial charge in [0.05, 0.1) is 10.6 Å². The van der Waals surface area contributed by atoms with Crippen molar-refractivity contribution in [2.45, 2.75) is 32.4 Å². The van der Waals surface area contributed by atoms with Gasteiger partial charge in [0.2, 0.25) is 11.8 Å². The quantitative estimate of drug-likeness (QED) is 0.885. The number of piperidine rings is 1. The van der Waals surface area contributed by atoms with Crippen LogP contribution in [0.2, 0.25) is 5.02 Å². The SMILES string of the molecule is CCC(=O)N1CCC(C(=O)Nc2ccc(Cl)c(C(F)(F)F)c2)CC1. The van der Waals surface area contributed by atoms with Crippen LogP contribution in [0.25, 0.3) is 0 Å². The maximum atomic E-state index is 12.8. The van der Waals surface area contributed by atoms with Crippen molar-refractivity contribution < 1.29 is 22.8 Å². The molecule has 0 aromatic heterocycles. The molecule has 0 atom stereocenters. The lowest BCUT2D eigenvalue weighted by molar-refractivity contribution is -0.137. The number of carbonyl (C=O) groups is 2. The van der Waals surface area contributed by atoms with Crippen LogP contribution in [0.1, 0.15) is 31.7 Å². The summed E-state index contributed by atoms with van der Waals surface area (Å²) in [7, 11) is 0. The van der Waals surface area contributed by atoms with Crippen LogP contribution < -0.4 is 5.32 Å². The third-order valence-electron chi connectivity index (χ3n) is 4.06. The number of nitrogens with one attached hydrogen (secondary N) is 1. The summed E-state index contributed by atoms with van der Waals surface area (Å²) in [6.45, 7) is 2.75. The number of rotatable bonds is 3. The van der Waals surface area contributed by atoms with Gasteiger partial charge in [0.1, 0.15) is 0 Å². The number of amides is 2. The third kappa shape index (κ3) is 4.41. The van der Waals surface area contributed by atoms with Gasteiger partial charge in [-0.05, 0) is 31.0 Å². The highest BCUT2D eigenvalue weighted by atomic mass is 35.5. The molecular formula is C16H18ClF3N2O2. The molecule has 24 heavy (non-hydrogen) atoms. The van der Waals surface area contributed by atoms with E-state index in [-0.39, 0.29) is 23.4 Å². The van der Waals surface area contributed by atoms with E-state index in [0.717, 1.165) is 12.1 Å². The average Bonchev–Trinajstić information content (AvgIpc) is 2.55. The summed E-state index contributed by atoms with van der Waals surface area (Å²) in [5.41, 5.74) is -0.922. The number of alkyl halides is 3. The number of nitrogens with zero attached hydrogens (tertiary/aromatic N) is 1. The molecule has 2 rings (SSSR count). The molecule has 1 aromatic rings. The maximum absolute atomic E-state index is 12.8. The van der Waals surface area contributed by atoms with Crippen molar-refractivity contribution >= 4 is 29.1 Å². The second-order valence-electron chi connectivity index (χ2n) is 5.69. The van der Waals surface area contributed by atoms with Crippen LogP contribution in [0.5, 0.6) is 0 Å². The van der Waals surface area contributed by atoms with Crippen molar-refractivity contribution in [1.82, 2.24) is 4.90 Å². The van der Waals surface area contributed by atoms with E-state index in [4.69, 9.17) is 11.6 Å². The first-order valence-electron chi connectivity index (χ1n) is 7.67. The predicted octanol–water partition coefficient (Wildman–Crippen LogP) is 3.95. The van der Waals surface area contributed by atoms with Crippen LogP contribution in [-0.2, 0) is 15.8 Å². The Morgan fingerprint density at radius 3 is 2.46 bits per heavy atom. The number of benzene rings is 1. The molecule has 1 aliphatic heterocycles. The lowest BCUT2D eigenvalue weighted by Crippen LogP contribution is -2.41.